The van der Waals surface area contributed by atoms with E-state index in [9.17, 15) is 13.6 Å². The number of urea groups is 1. The molecule has 0 unspecified atom stereocenters. The molecule has 1 aliphatic heterocycles. The number of hydrogen-bond donors (Lipinski definition) is 1. The third kappa shape index (κ3) is 4.30. The molecule has 5 nitrogen and oxygen atoms in total. The lowest BCUT2D eigenvalue weighted by Gasteiger charge is -2.38. The molecule has 0 aromatic heterocycles. The van der Waals surface area contributed by atoms with Crippen LogP contribution in [0.25, 0.3) is 0 Å². The van der Waals surface area contributed by atoms with Crippen LogP contribution in [-0.2, 0) is 6.42 Å². The number of rotatable bonds is 4. The van der Waals surface area contributed by atoms with Crippen molar-refractivity contribution in [2.24, 2.45) is 0 Å². The smallest absolute Gasteiger partial charge is 0.322 e. The number of hydrogen-bond acceptors (Lipinski definition) is 3. The predicted molar refractivity (Wildman–Crippen MR) is 119 cm³/mol. The molecule has 0 radical (unpaired) electrons. The second-order valence-corrected chi connectivity index (χ2v) is 7.85. The SMILES string of the molecule is COc1cc2c(cc1OC)[C@@H](c1c(F)cccc1Cl)N(C(=O)Nc1ccc(F)cc1F)CC2. The van der Waals surface area contributed by atoms with E-state index in [1.165, 1.54) is 37.3 Å². The van der Waals surface area contributed by atoms with Crippen molar-refractivity contribution < 1.29 is 27.4 Å². The van der Waals surface area contributed by atoms with Crippen LogP contribution in [0.3, 0.4) is 0 Å². The minimum Gasteiger partial charge on any atom is -0.493 e. The summed E-state index contributed by atoms with van der Waals surface area (Å²) in [7, 11) is 2.98. The van der Waals surface area contributed by atoms with Crippen molar-refractivity contribution >= 4 is 23.3 Å². The second-order valence-electron chi connectivity index (χ2n) is 7.44. The van der Waals surface area contributed by atoms with E-state index in [-0.39, 0.29) is 22.8 Å². The van der Waals surface area contributed by atoms with Crippen LogP contribution in [0.5, 0.6) is 11.5 Å². The highest BCUT2D eigenvalue weighted by molar-refractivity contribution is 6.31. The number of carbonyl (C=O) groups excluding carboxylic acids is 1. The van der Waals surface area contributed by atoms with Gasteiger partial charge in [0.1, 0.15) is 17.5 Å². The molecule has 1 atom stereocenters. The summed E-state index contributed by atoms with van der Waals surface area (Å²) in [4.78, 5) is 14.6. The highest BCUT2D eigenvalue weighted by Crippen LogP contribution is 2.43. The van der Waals surface area contributed by atoms with E-state index in [4.69, 9.17) is 21.1 Å². The molecule has 3 aromatic rings. The molecule has 1 N–H and O–H groups in total. The first-order valence-electron chi connectivity index (χ1n) is 10.1. The highest BCUT2D eigenvalue weighted by atomic mass is 35.5. The Hall–Kier alpha value is -3.39. The number of halogens is 4. The summed E-state index contributed by atoms with van der Waals surface area (Å²) in [5.74, 6) is -1.38. The van der Waals surface area contributed by atoms with Crippen LogP contribution in [0.1, 0.15) is 22.7 Å². The molecule has 2 amide bonds. The van der Waals surface area contributed by atoms with Gasteiger partial charge in [-0.1, -0.05) is 17.7 Å². The third-order valence-corrected chi connectivity index (χ3v) is 5.91. The number of methoxy groups -OCH3 is 2. The van der Waals surface area contributed by atoms with Crippen molar-refractivity contribution in [3.05, 3.63) is 87.7 Å². The highest BCUT2D eigenvalue weighted by Gasteiger charge is 2.36. The lowest BCUT2D eigenvalue weighted by molar-refractivity contribution is 0.192. The lowest BCUT2D eigenvalue weighted by Crippen LogP contribution is -2.43. The van der Waals surface area contributed by atoms with Gasteiger partial charge >= 0.3 is 6.03 Å². The van der Waals surface area contributed by atoms with E-state index in [0.29, 0.717) is 29.5 Å². The molecule has 4 rings (SSSR count). The first-order chi connectivity index (χ1) is 15.8. The van der Waals surface area contributed by atoms with E-state index < -0.39 is 29.5 Å². The maximum Gasteiger partial charge on any atom is 0.322 e. The maximum absolute atomic E-state index is 15.0. The average molecular weight is 477 g/mol. The minimum absolute atomic E-state index is 0.0991. The minimum atomic E-state index is -0.925. The van der Waals surface area contributed by atoms with Gasteiger partial charge in [0.2, 0.25) is 0 Å². The van der Waals surface area contributed by atoms with Crippen LogP contribution in [0, 0.1) is 17.5 Å². The molecule has 9 heteroatoms. The summed E-state index contributed by atoms with van der Waals surface area (Å²) in [5.41, 5.74) is 1.33. The molecule has 0 spiro atoms. The summed E-state index contributed by atoms with van der Waals surface area (Å²) in [6.07, 6.45) is 0.428. The van der Waals surface area contributed by atoms with Gasteiger partial charge in [0.05, 0.1) is 25.9 Å². The molecule has 0 fully saturated rings. The normalized spacial score (nSPS) is 15.1. The van der Waals surface area contributed by atoms with Crippen LogP contribution < -0.4 is 14.8 Å². The van der Waals surface area contributed by atoms with Gasteiger partial charge in [-0.2, -0.15) is 0 Å². The summed E-state index contributed by atoms with van der Waals surface area (Å²) in [6, 6.07) is 8.94. The predicted octanol–water partition coefficient (Wildman–Crippen LogP) is 5.95. The van der Waals surface area contributed by atoms with Gasteiger partial charge in [0.15, 0.2) is 11.5 Å². The molecule has 0 saturated heterocycles. The Morgan fingerprint density at radius 2 is 1.76 bits per heavy atom. The average Bonchev–Trinajstić information content (AvgIpc) is 2.79. The number of ether oxygens (including phenoxy) is 2. The van der Waals surface area contributed by atoms with Crippen LogP contribution in [0.15, 0.2) is 48.5 Å². The van der Waals surface area contributed by atoms with Crippen molar-refractivity contribution in [2.75, 3.05) is 26.1 Å². The first-order valence-corrected chi connectivity index (χ1v) is 10.4. The van der Waals surface area contributed by atoms with Gasteiger partial charge in [-0.3, -0.25) is 0 Å². The number of nitrogens with zero attached hydrogens (tertiary/aromatic N) is 1. The maximum atomic E-state index is 15.0. The van der Waals surface area contributed by atoms with Gasteiger partial charge in [-0.25, -0.2) is 18.0 Å². The molecule has 33 heavy (non-hydrogen) atoms. The fourth-order valence-corrected chi connectivity index (χ4v) is 4.29. The van der Waals surface area contributed by atoms with Crippen molar-refractivity contribution in [2.45, 2.75) is 12.5 Å². The number of fused-ring (bicyclic) bond motifs is 1. The van der Waals surface area contributed by atoms with Crippen LogP contribution in [0.2, 0.25) is 5.02 Å². The lowest BCUT2D eigenvalue weighted by atomic mass is 9.87. The number of anilines is 1. The second kappa shape index (κ2) is 9.23. The molecular weight excluding hydrogens is 457 g/mol. The van der Waals surface area contributed by atoms with E-state index >= 15 is 4.39 Å². The zero-order chi connectivity index (χ0) is 23.7. The molecule has 0 bridgehead atoms. The summed E-state index contributed by atoms with van der Waals surface area (Å²) < 4.78 is 53.2. The summed E-state index contributed by atoms with van der Waals surface area (Å²) >= 11 is 6.38. The van der Waals surface area contributed by atoms with Crippen LogP contribution in [0.4, 0.5) is 23.7 Å². The molecular formula is C24H20ClF3N2O3. The van der Waals surface area contributed by atoms with Gasteiger partial charge in [0, 0.05) is 23.2 Å². The molecule has 1 aliphatic rings. The topological polar surface area (TPSA) is 50.8 Å². The Morgan fingerprint density at radius 1 is 1.03 bits per heavy atom. The largest absolute Gasteiger partial charge is 0.493 e. The Balaban J connectivity index is 1.82. The van der Waals surface area contributed by atoms with E-state index in [1.807, 2.05) is 0 Å². The van der Waals surface area contributed by atoms with E-state index in [0.717, 1.165) is 17.7 Å². The first kappa shape index (κ1) is 22.8. The van der Waals surface area contributed by atoms with Crippen LogP contribution in [-0.4, -0.2) is 31.7 Å². The fourth-order valence-electron chi connectivity index (χ4n) is 4.03. The summed E-state index contributed by atoms with van der Waals surface area (Å²) in [5, 5.41) is 2.58. The van der Waals surface area contributed by atoms with Gasteiger partial charge in [0.25, 0.3) is 0 Å². The summed E-state index contributed by atoms with van der Waals surface area (Å²) in [6.45, 7) is 0.187. The quantitative estimate of drug-likeness (QED) is 0.506. The van der Waals surface area contributed by atoms with Gasteiger partial charge < -0.3 is 19.7 Å². The number of benzene rings is 3. The fraction of sp³-hybridized carbons (Fsp3) is 0.208. The molecule has 1 heterocycles. The van der Waals surface area contributed by atoms with Crippen LogP contribution >= 0.6 is 11.6 Å². The Labute approximate surface area is 193 Å². The van der Waals surface area contributed by atoms with Gasteiger partial charge in [-0.15, -0.1) is 0 Å². The van der Waals surface area contributed by atoms with Crippen molar-refractivity contribution in [3.63, 3.8) is 0 Å². The number of amides is 2. The van der Waals surface area contributed by atoms with Crippen molar-refractivity contribution in [3.8, 4) is 11.5 Å². The Morgan fingerprint density at radius 3 is 2.42 bits per heavy atom. The van der Waals surface area contributed by atoms with Gasteiger partial charge in [-0.05, 0) is 53.9 Å². The third-order valence-electron chi connectivity index (χ3n) is 5.58. The monoisotopic (exact) mass is 476 g/mol. The molecule has 172 valence electrons. The number of nitrogens with one attached hydrogen (secondary N) is 1. The van der Waals surface area contributed by atoms with Crippen molar-refractivity contribution in [1.82, 2.24) is 4.90 Å². The van der Waals surface area contributed by atoms with Crippen molar-refractivity contribution in [1.29, 1.82) is 0 Å². The molecule has 0 saturated carbocycles. The standard InChI is InChI=1S/C24H20ClF3N2O3/c1-32-20-10-13-8-9-30(24(31)29-19-7-6-14(26)11-18(19)28)23(15(13)12-21(20)33-2)22-16(25)4-3-5-17(22)27/h3-7,10-12,23H,8-9H2,1-2H3,(H,29,31)/t23-/m0/s1. The molecule has 3 aromatic carbocycles. The van der Waals surface area contributed by atoms with E-state index in [1.54, 1.807) is 12.1 Å². The Bertz CT molecular complexity index is 1200. The molecule has 0 aliphatic carbocycles. The number of carbonyl (C=O) groups is 1. The van der Waals surface area contributed by atoms with E-state index in [2.05, 4.69) is 5.32 Å². The zero-order valence-electron chi connectivity index (χ0n) is 17.8. The Kier molecular flexibility index (Phi) is 6.37. The zero-order valence-corrected chi connectivity index (χ0v) is 18.6.